The van der Waals surface area contributed by atoms with Crippen LogP contribution in [0.15, 0.2) is 36.3 Å². The maximum absolute atomic E-state index is 11.8. The van der Waals surface area contributed by atoms with Gasteiger partial charge < -0.3 is 20.1 Å². The fourth-order valence-corrected chi connectivity index (χ4v) is 2.60. The summed E-state index contributed by atoms with van der Waals surface area (Å²) in [4.78, 5) is 16.1. The van der Waals surface area contributed by atoms with E-state index < -0.39 is 0 Å². The second-order valence-corrected chi connectivity index (χ2v) is 5.38. The van der Waals surface area contributed by atoms with Crippen LogP contribution in [0.2, 0.25) is 0 Å². The van der Waals surface area contributed by atoms with E-state index in [1.54, 1.807) is 13.4 Å². The van der Waals surface area contributed by atoms with Gasteiger partial charge in [-0.05, 0) is 43.5 Å². The first kappa shape index (κ1) is 23.4. The highest BCUT2D eigenvalue weighted by atomic mass is 79.9. The molecule has 0 unspecified atom stereocenters. The zero-order chi connectivity index (χ0) is 15.5. The van der Waals surface area contributed by atoms with Crippen LogP contribution in [0.4, 0.5) is 0 Å². The zero-order valence-corrected chi connectivity index (χ0v) is 17.5. The number of carbonyl (C=O) groups is 1. The maximum Gasteiger partial charge on any atom is 0.247 e. The molecule has 0 saturated carbocycles. The minimum atomic E-state index is 0. The zero-order valence-electron chi connectivity index (χ0n) is 14.1. The predicted octanol–water partition coefficient (Wildman–Crippen LogP) is 2.81. The van der Waals surface area contributed by atoms with E-state index in [0.29, 0.717) is 0 Å². The topological polar surface area (TPSA) is 87.7 Å². The third-order valence-corrected chi connectivity index (χ3v) is 3.73. The summed E-state index contributed by atoms with van der Waals surface area (Å²) in [7, 11) is 1.65. The van der Waals surface area contributed by atoms with Crippen molar-refractivity contribution in [3.05, 3.63) is 47.6 Å². The van der Waals surface area contributed by atoms with Crippen molar-refractivity contribution in [2.75, 3.05) is 13.7 Å². The van der Waals surface area contributed by atoms with Gasteiger partial charge in [0, 0.05) is 18.3 Å². The average molecular weight is 477 g/mol. The van der Waals surface area contributed by atoms with Crippen LogP contribution in [0.1, 0.15) is 24.1 Å². The third-order valence-electron chi connectivity index (χ3n) is 3.73. The van der Waals surface area contributed by atoms with Crippen molar-refractivity contribution >= 4 is 45.9 Å². The molecule has 1 aliphatic rings. The fourth-order valence-electron chi connectivity index (χ4n) is 2.60. The van der Waals surface area contributed by atoms with Gasteiger partial charge >= 0.3 is 0 Å². The lowest BCUT2D eigenvalue weighted by molar-refractivity contribution is -0.118. The molecule has 0 aliphatic carbocycles. The molecule has 1 fully saturated rings. The Morgan fingerprint density at radius 3 is 2.68 bits per heavy atom. The third kappa shape index (κ3) is 5.42. The number of aryl methyl sites for hydroxylation is 1. The highest BCUT2D eigenvalue weighted by Crippen LogP contribution is 2.26. The molecule has 2 heterocycles. The number of nitrogens with zero attached hydrogens (tertiary/aromatic N) is 2. The molecule has 1 saturated heterocycles. The van der Waals surface area contributed by atoms with Gasteiger partial charge in [0.25, 0.3) is 0 Å². The molecule has 2 aromatic rings. The number of methoxy groups -OCH3 is 1. The first-order chi connectivity index (χ1) is 10.7. The molecule has 138 valence electrons. The quantitative estimate of drug-likeness (QED) is 0.690. The Kier molecular flexibility index (Phi) is 9.69. The van der Waals surface area contributed by atoms with Gasteiger partial charge in [-0.15, -0.1) is 34.0 Å². The molecule has 0 atom stereocenters. The molecule has 8 heteroatoms. The average Bonchev–Trinajstić information content (AvgIpc) is 2.96. The molecule has 3 N–H and O–H groups in total. The van der Waals surface area contributed by atoms with Crippen LogP contribution in [-0.4, -0.2) is 34.6 Å². The van der Waals surface area contributed by atoms with Gasteiger partial charge in [-0.1, -0.05) is 6.07 Å². The number of carbonyl (C=O) groups excluding carboxylic acids is 1. The summed E-state index contributed by atoms with van der Waals surface area (Å²) >= 11 is 0. The number of ether oxygens (including phenoxy) is 1. The van der Waals surface area contributed by atoms with E-state index in [4.69, 9.17) is 4.74 Å². The van der Waals surface area contributed by atoms with Gasteiger partial charge in [-0.3, -0.25) is 4.79 Å². The second-order valence-electron chi connectivity index (χ2n) is 5.38. The lowest BCUT2D eigenvalue weighted by atomic mass is 10.0. The number of hydrogen-bond acceptors (Lipinski definition) is 3. The van der Waals surface area contributed by atoms with E-state index >= 15 is 0 Å². The van der Waals surface area contributed by atoms with Crippen LogP contribution in [0, 0.1) is 6.92 Å². The molecule has 1 amide bonds. The summed E-state index contributed by atoms with van der Waals surface area (Å²) in [5, 5.41) is 2.87. The molecule has 25 heavy (non-hydrogen) atoms. The van der Waals surface area contributed by atoms with Crippen LogP contribution >= 0.6 is 34.0 Å². The molecular weight excluding hydrogens is 454 g/mol. The molecule has 1 aromatic heterocycles. The fraction of sp³-hybridized carbons (Fsp3) is 0.294. The molecule has 3 rings (SSSR count). The number of imidazole rings is 1. The van der Waals surface area contributed by atoms with Crippen molar-refractivity contribution < 1.29 is 15.0 Å². The van der Waals surface area contributed by atoms with Crippen molar-refractivity contribution in [2.45, 2.75) is 19.8 Å². The number of hydrogen-bond donors (Lipinski definition) is 1. The minimum absolute atomic E-state index is 0. The lowest BCUT2D eigenvalue weighted by Crippen LogP contribution is -2.30. The summed E-state index contributed by atoms with van der Waals surface area (Å²) in [6, 6.07) is 5.91. The normalized spacial score (nSPS) is 14.6. The van der Waals surface area contributed by atoms with Gasteiger partial charge in [0.05, 0.1) is 24.8 Å². The summed E-state index contributed by atoms with van der Waals surface area (Å²) < 4.78 is 7.42. The number of rotatable bonds is 3. The molecule has 0 spiro atoms. The van der Waals surface area contributed by atoms with Gasteiger partial charge in [-0.2, -0.15) is 0 Å². The van der Waals surface area contributed by atoms with E-state index in [-0.39, 0.29) is 45.3 Å². The molecule has 0 radical (unpaired) electrons. The van der Waals surface area contributed by atoms with E-state index in [9.17, 15) is 4.79 Å². The summed E-state index contributed by atoms with van der Waals surface area (Å²) in [6.45, 7) is 2.71. The standard InChI is InChI=1S/C17H19N3O2.2BrH.H2O/c1-12-10-20(11-19-12)15-6-5-13(9-16(15)22-2)8-14-4-3-7-18-17(14)21;;;/h5-6,8-11H,3-4,7H2,1-2H3,(H,18,21);2*1H;1H2. The SMILES string of the molecule is Br.Br.COc1cc(C=C2CCCNC2=O)ccc1-n1cnc(C)c1.O. The van der Waals surface area contributed by atoms with E-state index in [1.165, 1.54) is 0 Å². The largest absolute Gasteiger partial charge is 0.495 e. The van der Waals surface area contributed by atoms with Crippen LogP contribution < -0.4 is 10.1 Å². The smallest absolute Gasteiger partial charge is 0.247 e. The van der Waals surface area contributed by atoms with Gasteiger partial charge in [0.1, 0.15) is 5.75 Å². The molecular formula is C17H23Br2N3O3. The van der Waals surface area contributed by atoms with Crippen LogP contribution in [0.5, 0.6) is 5.75 Å². The first-order valence-corrected chi connectivity index (χ1v) is 7.35. The number of piperidine rings is 1. The van der Waals surface area contributed by atoms with Crippen LogP contribution in [0.25, 0.3) is 11.8 Å². The number of benzene rings is 1. The van der Waals surface area contributed by atoms with Crippen LogP contribution in [-0.2, 0) is 4.79 Å². The van der Waals surface area contributed by atoms with Crippen LogP contribution in [0.3, 0.4) is 0 Å². The molecule has 1 aromatic carbocycles. The number of halogens is 2. The lowest BCUT2D eigenvalue weighted by Gasteiger charge is -2.15. The number of aromatic nitrogens is 2. The molecule has 1 aliphatic heterocycles. The summed E-state index contributed by atoms with van der Waals surface area (Å²) in [5.41, 5.74) is 3.66. The van der Waals surface area contributed by atoms with E-state index in [0.717, 1.165) is 47.7 Å². The monoisotopic (exact) mass is 475 g/mol. The van der Waals surface area contributed by atoms with Gasteiger partial charge in [-0.25, -0.2) is 4.98 Å². The summed E-state index contributed by atoms with van der Waals surface area (Å²) in [5.74, 6) is 0.780. The Bertz CT molecular complexity index is 744. The number of nitrogens with one attached hydrogen (secondary N) is 1. The predicted molar refractivity (Wildman–Crippen MR) is 109 cm³/mol. The highest BCUT2D eigenvalue weighted by molar-refractivity contribution is 8.93. The summed E-state index contributed by atoms with van der Waals surface area (Å²) in [6.07, 6.45) is 7.45. The Balaban J connectivity index is 0.00000192. The Labute approximate surface area is 168 Å². The Hall–Kier alpha value is -1.64. The van der Waals surface area contributed by atoms with Gasteiger partial charge in [0.15, 0.2) is 0 Å². The van der Waals surface area contributed by atoms with Crippen molar-refractivity contribution in [1.82, 2.24) is 14.9 Å². The Morgan fingerprint density at radius 1 is 1.32 bits per heavy atom. The van der Waals surface area contributed by atoms with Crippen molar-refractivity contribution in [3.8, 4) is 11.4 Å². The van der Waals surface area contributed by atoms with E-state index in [1.807, 2.05) is 42.0 Å². The molecule has 6 nitrogen and oxygen atoms in total. The molecule has 0 bridgehead atoms. The Morgan fingerprint density at radius 2 is 2.08 bits per heavy atom. The van der Waals surface area contributed by atoms with Crippen molar-refractivity contribution in [2.24, 2.45) is 0 Å². The van der Waals surface area contributed by atoms with Gasteiger partial charge in [0.2, 0.25) is 5.91 Å². The van der Waals surface area contributed by atoms with Crippen molar-refractivity contribution in [1.29, 1.82) is 0 Å². The van der Waals surface area contributed by atoms with E-state index in [2.05, 4.69) is 10.3 Å². The highest BCUT2D eigenvalue weighted by Gasteiger charge is 2.14. The second kappa shape index (κ2) is 10.4. The minimum Gasteiger partial charge on any atom is -0.495 e. The number of amides is 1. The first-order valence-electron chi connectivity index (χ1n) is 7.35. The maximum atomic E-state index is 11.8. The van der Waals surface area contributed by atoms with Crippen molar-refractivity contribution in [3.63, 3.8) is 0 Å².